The Labute approximate surface area is 251 Å². The minimum Gasteiger partial charge on any atom is -0.0622 e. The van der Waals surface area contributed by atoms with Crippen LogP contribution in [0.25, 0.3) is 48.6 Å². The molecule has 5 aromatic rings. The van der Waals surface area contributed by atoms with Crippen molar-refractivity contribution >= 4 is 48.6 Å². The minimum atomic E-state index is 1.03. The zero-order valence-corrected chi connectivity index (χ0v) is 24.6. The molecule has 0 unspecified atom stereocenters. The highest BCUT2D eigenvalue weighted by Crippen LogP contribution is 2.28. The highest BCUT2D eigenvalue weighted by molar-refractivity contribution is 5.90. The van der Waals surface area contributed by atoms with Crippen molar-refractivity contribution < 1.29 is 0 Å². The number of benzene rings is 5. The van der Waals surface area contributed by atoms with E-state index >= 15 is 0 Å². The van der Waals surface area contributed by atoms with Crippen LogP contribution in [0.5, 0.6) is 0 Å². The van der Waals surface area contributed by atoms with Crippen LogP contribution in [-0.2, 0) is 12.8 Å². The van der Waals surface area contributed by atoms with E-state index in [1.165, 1.54) is 55.6 Å². The number of rotatable bonds is 10. The summed E-state index contributed by atoms with van der Waals surface area (Å²) in [6, 6.07) is 43.1. The molecule has 206 valence electrons. The average Bonchev–Trinajstić information content (AvgIpc) is 3.06. The normalized spacial score (nSPS) is 11.9. The van der Waals surface area contributed by atoms with E-state index in [1.54, 1.807) is 0 Å². The molecule has 0 fully saturated rings. The molecule has 0 atom stereocenters. The van der Waals surface area contributed by atoms with E-state index < -0.39 is 0 Å². The Balaban J connectivity index is 1.64. The molecule has 0 aromatic heterocycles. The second kappa shape index (κ2) is 14.6. The van der Waals surface area contributed by atoms with Crippen molar-refractivity contribution in [2.24, 2.45) is 0 Å². The Morgan fingerprint density at radius 1 is 0.357 bits per heavy atom. The van der Waals surface area contributed by atoms with Crippen LogP contribution in [0.15, 0.2) is 121 Å². The monoisotopic (exact) mass is 542 g/mol. The van der Waals surface area contributed by atoms with Crippen LogP contribution in [0, 0.1) is 0 Å². The third kappa shape index (κ3) is 7.83. The molecule has 0 heterocycles. The van der Waals surface area contributed by atoms with Crippen molar-refractivity contribution in [2.75, 3.05) is 0 Å². The number of aryl methyl sites for hydroxylation is 2. The minimum absolute atomic E-state index is 1.03. The first-order chi connectivity index (χ1) is 20.7. The van der Waals surface area contributed by atoms with Gasteiger partial charge in [0.15, 0.2) is 0 Å². The van der Waals surface area contributed by atoms with Gasteiger partial charge in [-0.1, -0.05) is 184 Å². The first-order valence-corrected chi connectivity index (χ1v) is 14.9. The third-order valence-corrected chi connectivity index (χ3v) is 7.47. The molecule has 0 heteroatoms. The summed E-state index contributed by atoms with van der Waals surface area (Å²) in [5.74, 6) is 0. The fourth-order valence-electron chi connectivity index (χ4n) is 5.03. The Hall–Kier alpha value is -4.94. The maximum absolute atomic E-state index is 2.27. The van der Waals surface area contributed by atoms with E-state index in [1.807, 2.05) is 0 Å². The summed E-state index contributed by atoms with van der Waals surface area (Å²) in [5.41, 5.74) is 12.2. The fraction of sp³-hybridized carbons (Fsp3) is 0.0952. The molecule has 0 aliphatic carbocycles. The van der Waals surface area contributed by atoms with Crippen LogP contribution in [-0.4, -0.2) is 0 Å². The Morgan fingerprint density at radius 2 is 0.738 bits per heavy atom. The Kier molecular flexibility index (Phi) is 9.95. The van der Waals surface area contributed by atoms with Gasteiger partial charge in [0.05, 0.1) is 0 Å². The van der Waals surface area contributed by atoms with Crippen molar-refractivity contribution in [2.45, 2.75) is 26.7 Å². The number of hydrogen-bond acceptors (Lipinski definition) is 0. The number of hydrogen-bond donors (Lipinski definition) is 0. The largest absolute Gasteiger partial charge is 0.0622 e. The molecule has 0 saturated carbocycles. The summed E-state index contributed by atoms with van der Waals surface area (Å²) < 4.78 is 0. The molecule has 0 amide bonds. The lowest BCUT2D eigenvalue weighted by Crippen LogP contribution is -1.92. The highest BCUT2D eigenvalue weighted by Gasteiger charge is 2.08. The summed E-state index contributed by atoms with van der Waals surface area (Å²) in [4.78, 5) is 0. The molecule has 42 heavy (non-hydrogen) atoms. The lowest BCUT2D eigenvalue weighted by atomic mass is 9.92. The van der Waals surface area contributed by atoms with E-state index in [9.17, 15) is 0 Å². The van der Waals surface area contributed by atoms with E-state index in [2.05, 4.69) is 184 Å². The molecule has 0 spiro atoms. The van der Waals surface area contributed by atoms with Crippen LogP contribution >= 0.6 is 0 Å². The van der Waals surface area contributed by atoms with Crippen molar-refractivity contribution in [3.63, 3.8) is 0 Å². The van der Waals surface area contributed by atoms with Crippen LogP contribution in [0.1, 0.15) is 69.5 Å². The maximum atomic E-state index is 2.27. The molecule has 0 radical (unpaired) electrons. The quantitative estimate of drug-likeness (QED) is 0.154. The predicted octanol–water partition coefficient (Wildman–Crippen LogP) is 11.5. The topological polar surface area (TPSA) is 0 Å². The molecular weight excluding hydrogens is 504 g/mol. The first kappa shape index (κ1) is 28.6. The van der Waals surface area contributed by atoms with Crippen molar-refractivity contribution in [1.82, 2.24) is 0 Å². The van der Waals surface area contributed by atoms with Gasteiger partial charge >= 0.3 is 0 Å². The SMILES string of the molecule is CCc1cccc(C=Cc2ccc(C=Cc3cccc(CC)c3)c(C=Cc3ccccc3)c2C=Cc2ccccc2)c1. The summed E-state index contributed by atoms with van der Waals surface area (Å²) in [6.07, 6.45) is 20.0. The van der Waals surface area contributed by atoms with Gasteiger partial charge in [0.25, 0.3) is 0 Å². The molecule has 0 bridgehead atoms. The van der Waals surface area contributed by atoms with Gasteiger partial charge in [0, 0.05) is 0 Å². The lowest BCUT2D eigenvalue weighted by molar-refractivity contribution is 1.14. The van der Waals surface area contributed by atoms with Crippen LogP contribution in [0.2, 0.25) is 0 Å². The van der Waals surface area contributed by atoms with Gasteiger partial charge in [-0.15, -0.1) is 0 Å². The maximum Gasteiger partial charge on any atom is -0.0105 e. The van der Waals surface area contributed by atoms with Crippen molar-refractivity contribution in [1.29, 1.82) is 0 Å². The Morgan fingerprint density at radius 3 is 1.14 bits per heavy atom. The average molecular weight is 543 g/mol. The lowest BCUT2D eigenvalue weighted by Gasteiger charge is -2.12. The van der Waals surface area contributed by atoms with Gasteiger partial charge in [0.1, 0.15) is 0 Å². The standard InChI is InChI=1S/C42H38/c1-3-33-17-11-19-37(31-33)21-25-39-27-28-40(26-22-38-20-12-18-34(4-2)32-38)42(30-24-36-15-9-6-10-16-36)41(39)29-23-35-13-7-5-8-14-35/h5-32H,3-4H2,1-2H3. The molecule has 0 N–H and O–H groups in total. The van der Waals surface area contributed by atoms with Gasteiger partial charge in [0.2, 0.25) is 0 Å². The van der Waals surface area contributed by atoms with Crippen LogP contribution in [0.4, 0.5) is 0 Å². The van der Waals surface area contributed by atoms with Gasteiger partial charge in [-0.2, -0.15) is 0 Å². The smallest absolute Gasteiger partial charge is 0.0105 e. The first-order valence-electron chi connectivity index (χ1n) is 14.9. The van der Waals surface area contributed by atoms with E-state index in [-0.39, 0.29) is 0 Å². The van der Waals surface area contributed by atoms with Gasteiger partial charge in [-0.3, -0.25) is 0 Å². The van der Waals surface area contributed by atoms with Crippen LogP contribution < -0.4 is 0 Å². The van der Waals surface area contributed by atoms with E-state index in [0.29, 0.717) is 0 Å². The third-order valence-electron chi connectivity index (χ3n) is 7.47. The fourth-order valence-corrected chi connectivity index (χ4v) is 5.03. The van der Waals surface area contributed by atoms with Gasteiger partial charge < -0.3 is 0 Å². The zero-order valence-electron chi connectivity index (χ0n) is 24.6. The Bertz CT molecular complexity index is 1580. The molecule has 5 aromatic carbocycles. The molecular formula is C42H38. The summed E-state index contributed by atoms with van der Waals surface area (Å²) in [5, 5.41) is 0. The van der Waals surface area contributed by atoms with E-state index in [4.69, 9.17) is 0 Å². The zero-order chi connectivity index (χ0) is 29.0. The second-order valence-electron chi connectivity index (χ2n) is 10.4. The summed E-state index contributed by atoms with van der Waals surface area (Å²) in [7, 11) is 0. The van der Waals surface area contributed by atoms with Crippen LogP contribution in [0.3, 0.4) is 0 Å². The van der Waals surface area contributed by atoms with Gasteiger partial charge in [-0.25, -0.2) is 0 Å². The summed E-state index contributed by atoms with van der Waals surface area (Å²) in [6.45, 7) is 4.40. The van der Waals surface area contributed by atoms with Crippen molar-refractivity contribution in [3.8, 4) is 0 Å². The second-order valence-corrected chi connectivity index (χ2v) is 10.4. The molecule has 0 aliphatic rings. The molecule has 5 rings (SSSR count). The highest BCUT2D eigenvalue weighted by atomic mass is 14.1. The van der Waals surface area contributed by atoms with Crippen molar-refractivity contribution in [3.05, 3.63) is 177 Å². The molecule has 0 nitrogen and oxygen atoms in total. The summed E-state index contributed by atoms with van der Waals surface area (Å²) >= 11 is 0. The van der Waals surface area contributed by atoms with E-state index in [0.717, 1.165) is 12.8 Å². The molecule has 0 aliphatic heterocycles. The predicted molar refractivity (Wildman–Crippen MR) is 187 cm³/mol. The molecule has 0 saturated heterocycles. The van der Waals surface area contributed by atoms with Gasteiger partial charge in [-0.05, 0) is 68.5 Å².